The molecule has 66 valence electrons. The molecule has 0 N–H and O–H groups in total. The molecule has 0 saturated heterocycles. The highest BCUT2D eigenvalue weighted by Crippen LogP contribution is 2.11. The zero-order chi connectivity index (χ0) is 8.69. The Bertz CT molecular complexity index is 112. The van der Waals surface area contributed by atoms with E-state index in [1.165, 1.54) is 18.4 Å². The van der Waals surface area contributed by atoms with Crippen LogP contribution in [0.2, 0.25) is 0 Å². The molecule has 0 spiro atoms. The zero-order valence-corrected chi connectivity index (χ0v) is 8.62. The second-order valence-corrected chi connectivity index (χ2v) is 3.82. The first-order valence-electron chi connectivity index (χ1n) is 4.36. The van der Waals surface area contributed by atoms with Crippen LogP contribution in [0.25, 0.3) is 0 Å². The quantitative estimate of drug-likeness (QED) is 0.437. The van der Waals surface area contributed by atoms with Gasteiger partial charge in [0.05, 0.1) is 0 Å². The third-order valence-electron chi connectivity index (χ3n) is 1.81. The molecule has 0 aromatic rings. The Kier molecular flexibility index (Phi) is 6.74. The third kappa shape index (κ3) is 7.93. The standard InChI is InChI=1S/C10H19Cl/c1-9(2)5-4-6-10(3)7-8-11/h5,10H,4,6-8H2,1-3H3/t10-/m0/s1. The minimum Gasteiger partial charge on any atom is -0.127 e. The molecule has 0 aromatic carbocycles. The Morgan fingerprint density at radius 3 is 2.45 bits per heavy atom. The first-order chi connectivity index (χ1) is 5.16. The lowest BCUT2D eigenvalue weighted by Gasteiger charge is -2.06. The fourth-order valence-corrected chi connectivity index (χ4v) is 1.36. The normalized spacial score (nSPS) is 12.7. The molecule has 0 nitrogen and oxygen atoms in total. The van der Waals surface area contributed by atoms with E-state index in [1.807, 2.05) is 0 Å². The van der Waals surface area contributed by atoms with Crippen molar-refractivity contribution in [1.29, 1.82) is 0 Å². The van der Waals surface area contributed by atoms with Gasteiger partial charge in [0.1, 0.15) is 0 Å². The predicted molar refractivity (Wildman–Crippen MR) is 53.2 cm³/mol. The van der Waals surface area contributed by atoms with E-state index < -0.39 is 0 Å². The smallest absolute Gasteiger partial charge is 0.0225 e. The fraction of sp³-hybridized carbons (Fsp3) is 0.800. The Morgan fingerprint density at radius 2 is 2.00 bits per heavy atom. The van der Waals surface area contributed by atoms with Gasteiger partial charge in [-0.05, 0) is 39.0 Å². The third-order valence-corrected chi connectivity index (χ3v) is 2.03. The summed E-state index contributed by atoms with van der Waals surface area (Å²) in [7, 11) is 0. The Balaban J connectivity index is 3.31. The van der Waals surface area contributed by atoms with Crippen molar-refractivity contribution in [3.8, 4) is 0 Å². The minimum atomic E-state index is 0.781. The summed E-state index contributed by atoms with van der Waals surface area (Å²) in [6.45, 7) is 6.56. The van der Waals surface area contributed by atoms with E-state index in [4.69, 9.17) is 11.6 Å². The Labute approximate surface area is 75.6 Å². The van der Waals surface area contributed by atoms with E-state index in [1.54, 1.807) is 0 Å². The van der Waals surface area contributed by atoms with Gasteiger partial charge in [-0.15, -0.1) is 11.6 Å². The molecule has 0 amide bonds. The topological polar surface area (TPSA) is 0 Å². The second kappa shape index (κ2) is 6.72. The summed E-state index contributed by atoms with van der Waals surface area (Å²) in [5.41, 5.74) is 1.42. The summed E-state index contributed by atoms with van der Waals surface area (Å²) in [4.78, 5) is 0. The molecule has 0 aliphatic carbocycles. The minimum absolute atomic E-state index is 0.781. The molecule has 0 fully saturated rings. The maximum Gasteiger partial charge on any atom is 0.0225 e. The van der Waals surface area contributed by atoms with Gasteiger partial charge < -0.3 is 0 Å². The summed E-state index contributed by atoms with van der Waals surface area (Å²) >= 11 is 5.62. The number of rotatable bonds is 5. The monoisotopic (exact) mass is 174 g/mol. The van der Waals surface area contributed by atoms with Crippen LogP contribution in [-0.2, 0) is 0 Å². The van der Waals surface area contributed by atoms with E-state index >= 15 is 0 Å². The van der Waals surface area contributed by atoms with Crippen molar-refractivity contribution in [3.63, 3.8) is 0 Å². The van der Waals surface area contributed by atoms with E-state index in [2.05, 4.69) is 26.8 Å². The van der Waals surface area contributed by atoms with Gasteiger partial charge in [-0.25, -0.2) is 0 Å². The van der Waals surface area contributed by atoms with E-state index in [0.717, 1.165) is 18.2 Å². The van der Waals surface area contributed by atoms with E-state index in [-0.39, 0.29) is 0 Å². The summed E-state index contributed by atoms with van der Waals surface area (Å²) in [6.07, 6.45) is 5.93. The van der Waals surface area contributed by atoms with Crippen molar-refractivity contribution < 1.29 is 0 Å². The van der Waals surface area contributed by atoms with Gasteiger partial charge in [0.25, 0.3) is 0 Å². The lowest BCUT2D eigenvalue weighted by atomic mass is 10.0. The molecule has 0 unspecified atom stereocenters. The molecule has 1 atom stereocenters. The van der Waals surface area contributed by atoms with Crippen LogP contribution in [0.3, 0.4) is 0 Å². The maximum absolute atomic E-state index is 5.62. The average Bonchev–Trinajstić information content (AvgIpc) is 1.87. The van der Waals surface area contributed by atoms with Gasteiger partial charge >= 0.3 is 0 Å². The number of halogens is 1. The number of hydrogen-bond donors (Lipinski definition) is 0. The van der Waals surface area contributed by atoms with Crippen molar-refractivity contribution in [3.05, 3.63) is 11.6 Å². The summed E-state index contributed by atoms with van der Waals surface area (Å²) in [6, 6.07) is 0. The highest BCUT2D eigenvalue weighted by atomic mass is 35.5. The fourth-order valence-electron chi connectivity index (χ4n) is 0.987. The highest BCUT2D eigenvalue weighted by molar-refractivity contribution is 6.17. The predicted octanol–water partition coefficient (Wildman–Crippen LogP) is 4.00. The highest BCUT2D eigenvalue weighted by Gasteiger charge is 1.98. The number of hydrogen-bond acceptors (Lipinski definition) is 0. The molecular formula is C10H19Cl. The van der Waals surface area contributed by atoms with E-state index in [9.17, 15) is 0 Å². The molecule has 0 aliphatic rings. The molecule has 11 heavy (non-hydrogen) atoms. The molecule has 0 aromatic heterocycles. The van der Waals surface area contributed by atoms with Crippen molar-refractivity contribution >= 4 is 11.6 Å². The van der Waals surface area contributed by atoms with Crippen LogP contribution < -0.4 is 0 Å². The molecular weight excluding hydrogens is 156 g/mol. The van der Waals surface area contributed by atoms with Crippen molar-refractivity contribution in [2.75, 3.05) is 5.88 Å². The van der Waals surface area contributed by atoms with Crippen LogP contribution >= 0.6 is 11.6 Å². The summed E-state index contributed by atoms with van der Waals surface area (Å²) in [5, 5.41) is 0. The van der Waals surface area contributed by atoms with Crippen molar-refractivity contribution in [2.45, 2.75) is 40.0 Å². The van der Waals surface area contributed by atoms with Gasteiger partial charge in [0, 0.05) is 5.88 Å². The van der Waals surface area contributed by atoms with Crippen LogP contribution in [-0.4, -0.2) is 5.88 Å². The van der Waals surface area contributed by atoms with Crippen LogP contribution in [0.1, 0.15) is 40.0 Å². The molecule has 0 aliphatic heterocycles. The van der Waals surface area contributed by atoms with Crippen LogP contribution in [0.5, 0.6) is 0 Å². The Morgan fingerprint density at radius 1 is 1.36 bits per heavy atom. The van der Waals surface area contributed by atoms with Crippen molar-refractivity contribution in [2.24, 2.45) is 5.92 Å². The van der Waals surface area contributed by atoms with Crippen LogP contribution in [0.15, 0.2) is 11.6 Å². The van der Waals surface area contributed by atoms with Gasteiger partial charge in [-0.1, -0.05) is 18.6 Å². The second-order valence-electron chi connectivity index (χ2n) is 3.44. The Hall–Kier alpha value is 0.0300. The maximum atomic E-state index is 5.62. The summed E-state index contributed by atoms with van der Waals surface area (Å²) < 4.78 is 0. The molecule has 1 heteroatoms. The molecule has 0 radical (unpaired) electrons. The molecule has 0 bridgehead atoms. The first-order valence-corrected chi connectivity index (χ1v) is 4.89. The zero-order valence-electron chi connectivity index (χ0n) is 7.86. The lowest BCUT2D eigenvalue weighted by Crippen LogP contribution is -1.94. The van der Waals surface area contributed by atoms with Gasteiger partial charge in [-0.3, -0.25) is 0 Å². The van der Waals surface area contributed by atoms with Crippen molar-refractivity contribution in [1.82, 2.24) is 0 Å². The molecule has 0 heterocycles. The van der Waals surface area contributed by atoms with Gasteiger partial charge in [-0.2, -0.15) is 0 Å². The lowest BCUT2D eigenvalue weighted by molar-refractivity contribution is 0.524. The van der Waals surface area contributed by atoms with Crippen LogP contribution in [0.4, 0.5) is 0 Å². The molecule has 0 saturated carbocycles. The first kappa shape index (κ1) is 11.0. The summed E-state index contributed by atoms with van der Waals surface area (Å²) in [5.74, 6) is 1.58. The largest absolute Gasteiger partial charge is 0.127 e. The SMILES string of the molecule is CC(C)=CCC[C@H](C)CCCl. The van der Waals surface area contributed by atoms with Gasteiger partial charge in [0.15, 0.2) is 0 Å². The molecule has 0 rings (SSSR count). The average molecular weight is 175 g/mol. The van der Waals surface area contributed by atoms with E-state index in [0.29, 0.717) is 0 Å². The number of alkyl halides is 1. The van der Waals surface area contributed by atoms with Gasteiger partial charge in [0.2, 0.25) is 0 Å². The van der Waals surface area contributed by atoms with Crippen LogP contribution in [0, 0.1) is 5.92 Å². The number of allylic oxidation sites excluding steroid dienone is 2.